The number of benzene rings is 1. The van der Waals surface area contributed by atoms with Gasteiger partial charge in [0.1, 0.15) is 0 Å². The van der Waals surface area contributed by atoms with E-state index in [9.17, 15) is 4.79 Å². The van der Waals surface area contributed by atoms with Crippen LogP contribution < -0.4 is 5.32 Å². The van der Waals surface area contributed by atoms with Gasteiger partial charge in [-0.15, -0.1) is 0 Å². The molecule has 1 aliphatic heterocycles. The molecular formula is C16H23NO2. The monoisotopic (exact) mass is 261 g/mol. The highest BCUT2D eigenvalue weighted by Crippen LogP contribution is 2.32. The number of hydrogen-bond acceptors (Lipinski definition) is 2. The van der Waals surface area contributed by atoms with E-state index in [0.29, 0.717) is 18.5 Å². The molecule has 1 aromatic rings. The van der Waals surface area contributed by atoms with Crippen molar-refractivity contribution in [1.82, 2.24) is 5.32 Å². The molecule has 3 nitrogen and oxygen atoms in total. The minimum Gasteiger partial charge on any atom is -0.481 e. The van der Waals surface area contributed by atoms with E-state index in [-0.39, 0.29) is 5.92 Å². The van der Waals surface area contributed by atoms with Crippen LogP contribution in [-0.4, -0.2) is 23.7 Å². The van der Waals surface area contributed by atoms with Crippen molar-refractivity contribution < 1.29 is 9.90 Å². The normalized spacial score (nSPS) is 28.4. The first kappa shape index (κ1) is 14.1. The Kier molecular flexibility index (Phi) is 4.59. The fraction of sp³-hybridized carbons (Fsp3) is 0.562. The van der Waals surface area contributed by atoms with Gasteiger partial charge in [-0.1, -0.05) is 38.1 Å². The zero-order valence-electron chi connectivity index (χ0n) is 11.7. The van der Waals surface area contributed by atoms with Gasteiger partial charge in [0, 0.05) is 12.6 Å². The Bertz CT molecular complexity index is 444. The molecule has 3 heteroatoms. The van der Waals surface area contributed by atoms with Gasteiger partial charge in [-0.3, -0.25) is 4.79 Å². The van der Waals surface area contributed by atoms with Crippen LogP contribution in [0.1, 0.15) is 31.4 Å². The van der Waals surface area contributed by atoms with Crippen molar-refractivity contribution in [3.63, 3.8) is 0 Å². The number of carbonyl (C=O) groups is 1. The molecule has 3 rings (SSSR count). The zero-order chi connectivity index (χ0) is 13.8. The van der Waals surface area contributed by atoms with Crippen molar-refractivity contribution in [3.8, 4) is 0 Å². The first-order chi connectivity index (χ1) is 9.24. The molecule has 0 bridgehead atoms. The van der Waals surface area contributed by atoms with E-state index in [1.165, 1.54) is 11.1 Å². The van der Waals surface area contributed by atoms with Crippen molar-refractivity contribution in [2.24, 2.45) is 11.8 Å². The Morgan fingerprint density at radius 1 is 1.21 bits per heavy atom. The first-order valence-corrected chi connectivity index (χ1v) is 7.27. The van der Waals surface area contributed by atoms with Crippen LogP contribution in [0.4, 0.5) is 0 Å². The Morgan fingerprint density at radius 2 is 1.84 bits per heavy atom. The van der Waals surface area contributed by atoms with Crippen molar-refractivity contribution in [2.45, 2.75) is 39.2 Å². The molecule has 3 atom stereocenters. The van der Waals surface area contributed by atoms with Crippen LogP contribution >= 0.6 is 0 Å². The molecule has 0 amide bonds. The lowest BCUT2D eigenvalue weighted by molar-refractivity contribution is -0.143. The summed E-state index contributed by atoms with van der Waals surface area (Å²) in [5.41, 5.74) is 2.83. The molecule has 2 N–H and O–H groups in total. The van der Waals surface area contributed by atoms with Gasteiger partial charge in [0.2, 0.25) is 0 Å². The molecule has 0 unspecified atom stereocenters. The smallest absolute Gasteiger partial charge is 0.307 e. The molecule has 1 aromatic carbocycles. The van der Waals surface area contributed by atoms with E-state index < -0.39 is 5.97 Å². The Morgan fingerprint density at radius 3 is 2.47 bits per heavy atom. The molecular weight excluding hydrogens is 238 g/mol. The highest BCUT2D eigenvalue weighted by molar-refractivity contribution is 5.70. The van der Waals surface area contributed by atoms with Gasteiger partial charge in [0.25, 0.3) is 0 Å². The highest BCUT2D eigenvalue weighted by Gasteiger charge is 2.36. The minimum atomic E-state index is -0.658. The summed E-state index contributed by atoms with van der Waals surface area (Å²) in [6, 6.07) is 9.00. The zero-order valence-corrected chi connectivity index (χ0v) is 11.7. The van der Waals surface area contributed by atoms with Gasteiger partial charge in [-0.25, -0.2) is 0 Å². The number of fused-ring (bicyclic) bond motifs is 2. The maximum absolute atomic E-state index is 11.0. The summed E-state index contributed by atoms with van der Waals surface area (Å²) in [5.74, 6) is -0.379. The lowest BCUT2D eigenvalue weighted by Gasteiger charge is -2.39. The van der Waals surface area contributed by atoms with Gasteiger partial charge in [-0.05, 0) is 36.3 Å². The Hall–Kier alpha value is -1.35. The fourth-order valence-corrected chi connectivity index (χ4v) is 3.20. The quantitative estimate of drug-likeness (QED) is 0.816. The van der Waals surface area contributed by atoms with Crippen molar-refractivity contribution in [1.29, 1.82) is 0 Å². The summed E-state index contributed by atoms with van der Waals surface area (Å²) < 4.78 is 0. The second kappa shape index (κ2) is 6.20. The van der Waals surface area contributed by atoms with Crippen LogP contribution in [0.3, 0.4) is 0 Å². The van der Waals surface area contributed by atoms with E-state index in [1.54, 1.807) is 0 Å². The SMILES string of the molecule is CC.O=C(O)[C@H]1CN[C@@H]2Cc3ccccc3C[C@H]2C1. The Labute approximate surface area is 115 Å². The molecule has 0 spiro atoms. The molecule has 2 aliphatic rings. The third kappa shape index (κ3) is 2.98. The highest BCUT2D eigenvalue weighted by atomic mass is 16.4. The second-order valence-corrected chi connectivity index (χ2v) is 5.22. The van der Waals surface area contributed by atoms with Crippen LogP contribution in [0.15, 0.2) is 24.3 Å². The first-order valence-electron chi connectivity index (χ1n) is 7.27. The lowest BCUT2D eigenvalue weighted by atomic mass is 9.73. The Balaban J connectivity index is 0.000000637. The third-order valence-corrected chi connectivity index (χ3v) is 4.17. The van der Waals surface area contributed by atoms with Crippen molar-refractivity contribution in [2.75, 3.05) is 6.54 Å². The molecule has 19 heavy (non-hydrogen) atoms. The van der Waals surface area contributed by atoms with Crippen LogP contribution in [-0.2, 0) is 17.6 Å². The summed E-state index contributed by atoms with van der Waals surface area (Å²) in [7, 11) is 0. The van der Waals surface area contributed by atoms with Gasteiger partial charge in [0.15, 0.2) is 0 Å². The average molecular weight is 261 g/mol. The van der Waals surface area contributed by atoms with Crippen molar-refractivity contribution in [3.05, 3.63) is 35.4 Å². The summed E-state index contributed by atoms with van der Waals surface area (Å²) in [6.45, 7) is 4.62. The van der Waals surface area contributed by atoms with Gasteiger partial charge < -0.3 is 10.4 Å². The number of carboxylic acids is 1. The van der Waals surface area contributed by atoms with Crippen molar-refractivity contribution >= 4 is 5.97 Å². The molecule has 104 valence electrons. The molecule has 0 radical (unpaired) electrons. The summed E-state index contributed by atoms with van der Waals surface area (Å²) in [5, 5.41) is 12.5. The molecule has 0 aromatic heterocycles. The van der Waals surface area contributed by atoms with Gasteiger partial charge in [0.05, 0.1) is 5.92 Å². The predicted molar refractivity (Wildman–Crippen MR) is 76.2 cm³/mol. The number of piperidine rings is 1. The molecule has 1 aliphatic carbocycles. The van der Waals surface area contributed by atoms with E-state index in [4.69, 9.17) is 5.11 Å². The van der Waals surface area contributed by atoms with E-state index in [2.05, 4.69) is 29.6 Å². The lowest BCUT2D eigenvalue weighted by Crippen LogP contribution is -2.50. The summed E-state index contributed by atoms with van der Waals surface area (Å²) >= 11 is 0. The largest absolute Gasteiger partial charge is 0.481 e. The summed E-state index contributed by atoms with van der Waals surface area (Å²) in [6.07, 6.45) is 2.89. The molecule has 1 saturated heterocycles. The number of rotatable bonds is 1. The maximum atomic E-state index is 11.0. The fourth-order valence-electron chi connectivity index (χ4n) is 3.20. The molecule has 1 heterocycles. The van der Waals surface area contributed by atoms with Gasteiger partial charge in [-0.2, -0.15) is 0 Å². The topological polar surface area (TPSA) is 49.3 Å². The van der Waals surface area contributed by atoms with E-state index >= 15 is 0 Å². The standard InChI is InChI=1S/C14H17NO2.C2H6/c16-14(17)12-6-11-5-9-3-1-2-4-10(9)7-13(11)15-8-12;1-2/h1-4,11-13,15H,5-8H2,(H,16,17);1-2H3/t11-,12+,13+;/m0./s1. The number of carboxylic acid groups (broad SMARTS) is 1. The predicted octanol–water partition coefficient (Wildman–Crippen LogP) is 2.49. The van der Waals surface area contributed by atoms with Crippen LogP contribution in [0.2, 0.25) is 0 Å². The van der Waals surface area contributed by atoms with Crippen LogP contribution in [0, 0.1) is 11.8 Å². The van der Waals surface area contributed by atoms with Gasteiger partial charge >= 0.3 is 5.97 Å². The van der Waals surface area contributed by atoms with Crippen LogP contribution in [0.5, 0.6) is 0 Å². The van der Waals surface area contributed by atoms with E-state index in [0.717, 1.165) is 19.3 Å². The summed E-state index contributed by atoms with van der Waals surface area (Å²) in [4.78, 5) is 11.0. The maximum Gasteiger partial charge on any atom is 0.307 e. The number of aliphatic carboxylic acids is 1. The second-order valence-electron chi connectivity index (χ2n) is 5.22. The third-order valence-electron chi connectivity index (χ3n) is 4.17. The minimum absolute atomic E-state index is 0.207. The van der Waals surface area contributed by atoms with E-state index in [1.807, 2.05) is 13.8 Å². The number of hydrogen-bond donors (Lipinski definition) is 2. The molecule has 0 saturated carbocycles. The molecule has 1 fully saturated rings. The average Bonchev–Trinajstić information content (AvgIpc) is 2.46. The number of nitrogens with one attached hydrogen (secondary N) is 1. The van der Waals surface area contributed by atoms with Crippen LogP contribution in [0.25, 0.3) is 0 Å².